The topological polar surface area (TPSA) is 67.4 Å². The molecule has 6 heteroatoms. The summed E-state index contributed by atoms with van der Waals surface area (Å²) in [5, 5.41) is 2.13. The molecule has 0 saturated heterocycles. The molecule has 0 saturated carbocycles. The van der Waals surface area contributed by atoms with Crippen LogP contribution in [-0.4, -0.2) is 17.9 Å². The summed E-state index contributed by atoms with van der Waals surface area (Å²) in [5.74, 6) is -0.214. The number of benzene rings is 3. The molecular formula is C20H17IN2O3. The minimum Gasteiger partial charge on any atom is -0.481 e. The second-order valence-corrected chi connectivity index (χ2v) is 6.85. The molecule has 0 spiro atoms. The number of rotatable bonds is 4. The van der Waals surface area contributed by atoms with E-state index in [-0.39, 0.29) is 5.91 Å². The van der Waals surface area contributed by atoms with Crippen LogP contribution in [0.4, 0.5) is 0 Å². The third-order valence-electron chi connectivity index (χ3n) is 3.82. The van der Waals surface area contributed by atoms with Crippen molar-refractivity contribution in [2.45, 2.75) is 13.0 Å². The van der Waals surface area contributed by atoms with E-state index in [1.165, 1.54) is 0 Å². The first kappa shape index (κ1) is 18.2. The van der Waals surface area contributed by atoms with Crippen molar-refractivity contribution in [2.24, 2.45) is 0 Å². The number of fused-ring (bicyclic) bond motifs is 1. The summed E-state index contributed by atoms with van der Waals surface area (Å²) < 4.78 is 6.48. The summed E-state index contributed by atoms with van der Waals surface area (Å²) in [6, 6.07) is 20.7. The Kier molecular flexibility index (Phi) is 5.72. The summed E-state index contributed by atoms with van der Waals surface area (Å²) >= 11 is 2.07. The highest BCUT2D eigenvalue weighted by molar-refractivity contribution is 14.1. The van der Waals surface area contributed by atoms with Crippen LogP contribution in [0, 0.1) is 3.57 Å². The van der Waals surface area contributed by atoms with Crippen molar-refractivity contribution >= 4 is 45.2 Å². The Morgan fingerprint density at radius 3 is 2.38 bits per heavy atom. The zero-order chi connectivity index (χ0) is 18.5. The van der Waals surface area contributed by atoms with Gasteiger partial charge < -0.3 is 4.74 Å². The average Bonchev–Trinajstić information content (AvgIpc) is 2.66. The van der Waals surface area contributed by atoms with Crippen molar-refractivity contribution in [2.75, 3.05) is 0 Å². The molecule has 1 atom stereocenters. The third kappa shape index (κ3) is 4.32. The van der Waals surface area contributed by atoms with E-state index in [4.69, 9.17) is 4.74 Å². The van der Waals surface area contributed by atoms with E-state index >= 15 is 0 Å². The van der Waals surface area contributed by atoms with Gasteiger partial charge in [0.1, 0.15) is 5.75 Å². The summed E-state index contributed by atoms with van der Waals surface area (Å²) in [6.45, 7) is 1.63. The summed E-state index contributed by atoms with van der Waals surface area (Å²) in [4.78, 5) is 24.3. The fourth-order valence-corrected chi connectivity index (χ4v) is 3.06. The molecule has 0 aliphatic carbocycles. The van der Waals surface area contributed by atoms with Crippen molar-refractivity contribution in [1.29, 1.82) is 0 Å². The second kappa shape index (κ2) is 8.18. The lowest BCUT2D eigenvalue weighted by molar-refractivity contribution is -0.128. The minimum atomic E-state index is -0.758. The van der Waals surface area contributed by atoms with Crippen LogP contribution < -0.4 is 15.6 Å². The highest BCUT2D eigenvalue weighted by Crippen LogP contribution is 2.21. The first-order valence-electron chi connectivity index (χ1n) is 8.05. The van der Waals surface area contributed by atoms with Crippen LogP contribution in [0.1, 0.15) is 17.3 Å². The zero-order valence-corrected chi connectivity index (χ0v) is 16.2. The van der Waals surface area contributed by atoms with Gasteiger partial charge in [-0.15, -0.1) is 0 Å². The van der Waals surface area contributed by atoms with Crippen molar-refractivity contribution in [1.82, 2.24) is 10.9 Å². The van der Waals surface area contributed by atoms with Gasteiger partial charge in [-0.2, -0.15) is 0 Å². The molecular weight excluding hydrogens is 443 g/mol. The van der Waals surface area contributed by atoms with E-state index in [0.29, 0.717) is 11.3 Å². The van der Waals surface area contributed by atoms with Crippen LogP contribution >= 0.6 is 22.6 Å². The molecule has 132 valence electrons. The van der Waals surface area contributed by atoms with Gasteiger partial charge in [-0.3, -0.25) is 20.4 Å². The quantitative estimate of drug-likeness (QED) is 0.461. The van der Waals surface area contributed by atoms with Crippen molar-refractivity contribution in [3.63, 3.8) is 0 Å². The fourth-order valence-electron chi connectivity index (χ4n) is 2.43. The normalized spacial score (nSPS) is 11.6. The number of hydrazine groups is 1. The van der Waals surface area contributed by atoms with Crippen molar-refractivity contribution in [3.05, 3.63) is 75.9 Å². The van der Waals surface area contributed by atoms with Gasteiger partial charge in [0, 0.05) is 3.57 Å². The first-order valence-corrected chi connectivity index (χ1v) is 9.12. The molecule has 1 unspecified atom stereocenters. The van der Waals surface area contributed by atoms with E-state index in [0.717, 1.165) is 14.3 Å². The molecule has 3 aromatic rings. The Bertz CT molecular complexity index is 958. The largest absolute Gasteiger partial charge is 0.481 e. The highest BCUT2D eigenvalue weighted by Gasteiger charge is 2.16. The number of halogens is 1. The molecule has 26 heavy (non-hydrogen) atoms. The predicted octanol–water partition coefficient (Wildman–Crippen LogP) is 3.67. The standard InChI is InChI=1S/C20H17IN2O3/c1-13(26-16-11-10-14-6-2-3-7-15(14)12-16)19(24)22-23-20(25)17-8-4-5-9-18(17)21/h2-13H,1H3,(H,22,24)(H,23,25). The molecule has 3 rings (SSSR count). The van der Waals surface area contributed by atoms with E-state index < -0.39 is 12.0 Å². The van der Waals surface area contributed by atoms with Crippen molar-refractivity contribution < 1.29 is 14.3 Å². The lowest BCUT2D eigenvalue weighted by Gasteiger charge is -2.15. The SMILES string of the molecule is CC(Oc1ccc2ccccc2c1)C(=O)NNC(=O)c1ccccc1I. The summed E-state index contributed by atoms with van der Waals surface area (Å²) in [6.07, 6.45) is -0.758. The van der Waals surface area contributed by atoms with Gasteiger partial charge in [0.15, 0.2) is 6.10 Å². The molecule has 2 amide bonds. The summed E-state index contributed by atoms with van der Waals surface area (Å²) in [5.41, 5.74) is 5.31. The van der Waals surface area contributed by atoms with Crippen LogP contribution in [0.5, 0.6) is 5.75 Å². The van der Waals surface area contributed by atoms with E-state index in [1.54, 1.807) is 19.1 Å². The number of carbonyl (C=O) groups excluding carboxylic acids is 2. The fraction of sp³-hybridized carbons (Fsp3) is 0.100. The van der Waals surface area contributed by atoms with Gasteiger partial charge in [0.05, 0.1) is 5.56 Å². The lowest BCUT2D eigenvalue weighted by Crippen LogP contribution is -2.47. The smallest absolute Gasteiger partial charge is 0.279 e. The maximum atomic E-state index is 12.2. The highest BCUT2D eigenvalue weighted by atomic mass is 127. The van der Waals surface area contributed by atoms with Gasteiger partial charge >= 0.3 is 0 Å². The van der Waals surface area contributed by atoms with E-state index in [2.05, 4.69) is 33.4 Å². The van der Waals surface area contributed by atoms with Gasteiger partial charge in [-0.1, -0.05) is 42.5 Å². The van der Waals surface area contributed by atoms with E-state index in [1.807, 2.05) is 54.6 Å². The maximum Gasteiger partial charge on any atom is 0.279 e. The van der Waals surface area contributed by atoms with Gasteiger partial charge in [-0.25, -0.2) is 0 Å². The monoisotopic (exact) mass is 460 g/mol. The first-order chi connectivity index (χ1) is 12.5. The number of amides is 2. The Balaban J connectivity index is 1.59. The molecule has 0 heterocycles. The molecule has 0 aromatic heterocycles. The van der Waals surface area contributed by atoms with Gasteiger partial charge in [0.2, 0.25) is 0 Å². The Morgan fingerprint density at radius 1 is 0.923 bits per heavy atom. The Morgan fingerprint density at radius 2 is 1.62 bits per heavy atom. The minimum absolute atomic E-state index is 0.374. The van der Waals surface area contributed by atoms with Crippen LogP contribution in [-0.2, 0) is 4.79 Å². The molecule has 0 aliphatic rings. The number of nitrogens with one attached hydrogen (secondary N) is 2. The molecule has 0 fully saturated rings. The zero-order valence-electron chi connectivity index (χ0n) is 14.0. The van der Waals surface area contributed by atoms with Crippen LogP contribution in [0.15, 0.2) is 66.7 Å². The lowest BCUT2D eigenvalue weighted by atomic mass is 10.1. The molecule has 2 N–H and O–H groups in total. The van der Waals surface area contributed by atoms with Crippen molar-refractivity contribution in [3.8, 4) is 5.75 Å². The van der Waals surface area contributed by atoms with Crippen LogP contribution in [0.25, 0.3) is 10.8 Å². The molecule has 5 nitrogen and oxygen atoms in total. The number of carbonyl (C=O) groups is 2. The number of ether oxygens (including phenoxy) is 1. The maximum absolute atomic E-state index is 12.2. The molecule has 0 bridgehead atoms. The molecule has 3 aromatic carbocycles. The van der Waals surface area contributed by atoms with Gasteiger partial charge in [-0.05, 0) is 64.6 Å². The second-order valence-electron chi connectivity index (χ2n) is 5.69. The Hall–Kier alpha value is -2.61. The molecule has 0 radical (unpaired) electrons. The van der Waals surface area contributed by atoms with Gasteiger partial charge in [0.25, 0.3) is 11.8 Å². The number of hydrogen-bond acceptors (Lipinski definition) is 3. The van der Waals surface area contributed by atoms with E-state index in [9.17, 15) is 9.59 Å². The Labute approximate surface area is 164 Å². The summed E-state index contributed by atoms with van der Waals surface area (Å²) in [7, 11) is 0. The average molecular weight is 460 g/mol. The molecule has 0 aliphatic heterocycles. The number of hydrogen-bond donors (Lipinski definition) is 2. The third-order valence-corrected chi connectivity index (χ3v) is 4.76. The van der Waals surface area contributed by atoms with Crippen LogP contribution in [0.2, 0.25) is 0 Å². The predicted molar refractivity (Wildman–Crippen MR) is 109 cm³/mol. The van der Waals surface area contributed by atoms with Crippen LogP contribution in [0.3, 0.4) is 0 Å².